The van der Waals surface area contributed by atoms with Crippen molar-refractivity contribution in [2.24, 2.45) is 0 Å². The molecule has 128 valence electrons. The van der Waals surface area contributed by atoms with Crippen molar-refractivity contribution in [1.29, 1.82) is 0 Å². The minimum absolute atomic E-state index is 0.251. The molecule has 0 atom stereocenters. The van der Waals surface area contributed by atoms with Crippen molar-refractivity contribution < 1.29 is 9.53 Å². The number of carbonyl (C=O) groups excluding carboxylic acids is 1. The topological polar surface area (TPSA) is 38.3 Å². The number of halogens is 2. The lowest BCUT2D eigenvalue weighted by atomic mass is 10.1. The fraction of sp³-hybridized carbons (Fsp3) is 0.278. The van der Waals surface area contributed by atoms with Gasteiger partial charge in [-0.1, -0.05) is 47.5 Å². The number of aryl methyl sites for hydroxylation is 1. The van der Waals surface area contributed by atoms with Gasteiger partial charge in [-0.3, -0.25) is 4.79 Å². The zero-order chi connectivity index (χ0) is 17.5. The average Bonchev–Trinajstić information content (AvgIpc) is 2.54. The molecule has 2 aromatic rings. The van der Waals surface area contributed by atoms with Gasteiger partial charge in [0, 0.05) is 23.6 Å². The van der Waals surface area contributed by atoms with Crippen molar-refractivity contribution >= 4 is 40.9 Å². The van der Waals surface area contributed by atoms with Crippen LogP contribution in [-0.2, 0) is 5.75 Å². The number of hydrogen-bond donors (Lipinski definition) is 1. The first kappa shape index (κ1) is 19.0. The van der Waals surface area contributed by atoms with Crippen molar-refractivity contribution in [3.63, 3.8) is 0 Å². The van der Waals surface area contributed by atoms with Crippen molar-refractivity contribution in [3.05, 3.63) is 63.1 Å². The maximum atomic E-state index is 12.2. The second-order valence-corrected chi connectivity index (χ2v) is 7.09. The van der Waals surface area contributed by atoms with Gasteiger partial charge in [-0.15, -0.1) is 0 Å². The molecule has 24 heavy (non-hydrogen) atoms. The minimum Gasteiger partial charge on any atom is -0.496 e. The second kappa shape index (κ2) is 9.21. The molecule has 1 amide bonds. The summed E-state index contributed by atoms with van der Waals surface area (Å²) in [5.74, 6) is 2.29. The third-order valence-electron chi connectivity index (χ3n) is 3.48. The Kier molecular flexibility index (Phi) is 7.28. The van der Waals surface area contributed by atoms with Crippen LogP contribution in [0.3, 0.4) is 0 Å². The van der Waals surface area contributed by atoms with Gasteiger partial charge in [-0.2, -0.15) is 11.8 Å². The molecule has 1 N–H and O–H groups in total. The lowest BCUT2D eigenvalue weighted by Gasteiger charge is -2.11. The summed E-state index contributed by atoms with van der Waals surface area (Å²) >= 11 is 13.8. The number of methoxy groups -OCH3 is 1. The molecule has 2 rings (SSSR count). The number of nitrogens with one attached hydrogen (secondary N) is 1. The summed E-state index contributed by atoms with van der Waals surface area (Å²) in [6.07, 6.45) is 0. The van der Waals surface area contributed by atoms with E-state index in [2.05, 4.69) is 11.4 Å². The summed E-state index contributed by atoms with van der Waals surface area (Å²) in [5, 5.41) is 3.56. The maximum Gasteiger partial charge on any atom is 0.254 e. The Balaban J connectivity index is 1.82. The Morgan fingerprint density at radius 1 is 1.17 bits per heavy atom. The largest absolute Gasteiger partial charge is 0.496 e. The minimum atomic E-state index is -0.251. The fourth-order valence-electron chi connectivity index (χ4n) is 2.34. The number of amides is 1. The molecule has 0 radical (unpaired) electrons. The molecule has 0 aliphatic rings. The SMILES string of the molecule is COc1c(C)cccc1CSCCNC(=O)c1c(Cl)cccc1Cl. The van der Waals surface area contributed by atoms with E-state index in [1.165, 1.54) is 0 Å². The van der Waals surface area contributed by atoms with Crippen LogP contribution in [0.15, 0.2) is 36.4 Å². The second-order valence-electron chi connectivity index (χ2n) is 5.17. The number of carbonyl (C=O) groups is 1. The summed E-state index contributed by atoms with van der Waals surface area (Å²) in [5.41, 5.74) is 2.60. The lowest BCUT2D eigenvalue weighted by molar-refractivity contribution is 0.0956. The molecule has 0 aromatic heterocycles. The highest BCUT2D eigenvalue weighted by Crippen LogP contribution is 2.27. The van der Waals surface area contributed by atoms with E-state index >= 15 is 0 Å². The lowest BCUT2D eigenvalue weighted by Crippen LogP contribution is -2.26. The van der Waals surface area contributed by atoms with E-state index in [-0.39, 0.29) is 5.91 Å². The zero-order valence-electron chi connectivity index (χ0n) is 13.6. The van der Waals surface area contributed by atoms with E-state index in [4.69, 9.17) is 27.9 Å². The predicted molar refractivity (Wildman–Crippen MR) is 103 cm³/mol. The zero-order valence-corrected chi connectivity index (χ0v) is 15.9. The molecule has 3 nitrogen and oxygen atoms in total. The highest BCUT2D eigenvalue weighted by Gasteiger charge is 2.13. The molecule has 0 saturated carbocycles. The number of thioether (sulfide) groups is 1. The van der Waals surface area contributed by atoms with E-state index in [0.717, 1.165) is 28.4 Å². The number of benzene rings is 2. The standard InChI is InChI=1S/C18H19Cl2NO2S/c1-12-5-3-6-13(17(12)23-2)11-24-10-9-21-18(22)16-14(19)7-4-8-15(16)20/h3-8H,9-11H2,1-2H3,(H,21,22). The van der Waals surface area contributed by atoms with Crippen LogP contribution in [0.5, 0.6) is 5.75 Å². The van der Waals surface area contributed by atoms with E-state index < -0.39 is 0 Å². The third kappa shape index (κ3) is 4.82. The first-order chi connectivity index (χ1) is 11.5. The van der Waals surface area contributed by atoms with Crippen molar-refractivity contribution in [1.82, 2.24) is 5.32 Å². The van der Waals surface area contributed by atoms with Crippen LogP contribution in [0, 0.1) is 6.92 Å². The Bertz CT molecular complexity index is 702. The van der Waals surface area contributed by atoms with E-state index in [9.17, 15) is 4.79 Å². The number of hydrogen-bond acceptors (Lipinski definition) is 3. The van der Waals surface area contributed by atoms with Gasteiger partial charge in [0.1, 0.15) is 5.75 Å². The summed E-state index contributed by atoms with van der Waals surface area (Å²) in [6, 6.07) is 11.1. The Morgan fingerprint density at radius 2 is 1.83 bits per heavy atom. The molecule has 0 bridgehead atoms. The van der Waals surface area contributed by atoms with E-state index in [1.54, 1.807) is 37.1 Å². The average molecular weight is 384 g/mol. The highest BCUT2D eigenvalue weighted by atomic mass is 35.5. The van der Waals surface area contributed by atoms with Gasteiger partial charge in [-0.25, -0.2) is 0 Å². The van der Waals surface area contributed by atoms with E-state index in [0.29, 0.717) is 22.2 Å². The number of ether oxygens (including phenoxy) is 1. The van der Waals surface area contributed by atoms with Gasteiger partial charge in [-0.05, 0) is 24.6 Å². The fourth-order valence-corrected chi connectivity index (χ4v) is 3.75. The van der Waals surface area contributed by atoms with Crippen LogP contribution in [-0.4, -0.2) is 25.3 Å². The summed E-state index contributed by atoms with van der Waals surface area (Å²) < 4.78 is 5.44. The van der Waals surface area contributed by atoms with Crippen molar-refractivity contribution in [3.8, 4) is 5.75 Å². The van der Waals surface area contributed by atoms with Gasteiger partial charge in [0.05, 0.1) is 22.7 Å². The monoisotopic (exact) mass is 383 g/mol. The normalized spacial score (nSPS) is 10.5. The van der Waals surface area contributed by atoms with Crippen LogP contribution in [0.1, 0.15) is 21.5 Å². The van der Waals surface area contributed by atoms with Gasteiger partial charge in [0.15, 0.2) is 0 Å². The van der Waals surface area contributed by atoms with Gasteiger partial charge in [0.25, 0.3) is 5.91 Å². The van der Waals surface area contributed by atoms with Crippen molar-refractivity contribution in [2.75, 3.05) is 19.4 Å². The first-order valence-corrected chi connectivity index (χ1v) is 9.38. The van der Waals surface area contributed by atoms with Crippen molar-refractivity contribution in [2.45, 2.75) is 12.7 Å². The van der Waals surface area contributed by atoms with Crippen LogP contribution in [0.25, 0.3) is 0 Å². The molecule has 0 aliphatic carbocycles. The molecular formula is C18H19Cl2NO2S. The van der Waals surface area contributed by atoms with Crippen LogP contribution in [0.2, 0.25) is 10.0 Å². The van der Waals surface area contributed by atoms with E-state index in [1.807, 2.05) is 19.1 Å². The molecule has 0 saturated heterocycles. The predicted octanol–water partition coefficient (Wildman–Crippen LogP) is 4.97. The third-order valence-corrected chi connectivity index (χ3v) is 5.11. The summed E-state index contributed by atoms with van der Waals surface area (Å²) in [4.78, 5) is 12.2. The van der Waals surface area contributed by atoms with Crippen LogP contribution >= 0.6 is 35.0 Å². The summed E-state index contributed by atoms with van der Waals surface area (Å²) in [7, 11) is 1.68. The smallest absolute Gasteiger partial charge is 0.254 e. The summed E-state index contributed by atoms with van der Waals surface area (Å²) in [6.45, 7) is 2.57. The molecule has 0 fully saturated rings. The van der Waals surface area contributed by atoms with Gasteiger partial charge < -0.3 is 10.1 Å². The quantitative estimate of drug-likeness (QED) is 0.685. The first-order valence-electron chi connectivity index (χ1n) is 7.47. The number of para-hydroxylation sites is 1. The number of rotatable bonds is 7. The van der Waals surface area contributed by atoms with Gasteiger partial charge in [0.2, 0.25) is 0 Å². The molecular weight excluding hydrogens is 365 g/mol. The molecule has 0 aliphatic heterocycles. The molecule has 0 spiro atoms. The molecule has 0 unspecified atom stereocenters. The molecule has 6 heteroatoms. The highest BCUT2D eigenvalue weighted by molar-refractivity contribution is 7.98. The Hall–Kier alpha value is -1.36. The molecule has 0 heterocycles. The molecule has 2 aromatic carbocycles. The Labute approximate surface area is 156 Å². The van der Waals surface area contributed by atoms with Crippen LogP contribution < -0.4 is 10.1 Å². The maximum absolute atomic E-state index is 12.2. The van der Waals surface area contributed by atoms with Gasteiger partial charge >= 0.3 is 0 Å². The Morgan fingerprint density at radius 3 is 2.50 bits per heavy atom. The van der Waals surface area contributed by atoms with Crippen LogP contribution in [0.4, 0.5) is 0 Å².